The van der Waals surface area contributed by atoms with Crippen LogP contribution in [0.15, 0.2) is 42.5 Å². The molecule has 3 amide bonds. The van der Waals surface area contributed by atoms with Crippen molar-refractivity contribution in [1.82, 2.24) is 0 Å². The molecule has 0 unspecified atom stereocenters. The summed E-state index contributed by atoms with van der Waals surface area (Å²) in [5, 5.41) is 2.67. The molecule has 0 saturated heterocycles. The number of amides is 3. The van der Waals surface area contributed by atoms with Crippen molar-refractivity contribution in [3.63, 3.8) is 0 Å². The summed E-state index contributed by atoms with van der Waals surface area (Å²) in [6, 6.07) is 11.9. The molecule has 110 valence electrons. The zero-order valence-electron chi connectivity index (χ0n) is 12.2. The molecule has 5 heteroatoms. The summed E-state index contributed by atoms with van der Waals surface area (Å²) in [6.45, 7) is 3.18. The third-order valence-electron chi connectivity index (χ3n) is 3.57. The summed E-state index contributed by atoms with van der Waals surface area (Å²) in [5.74, 6) is -1.01. The zero-order chi connectivity index (χ0) is 15.9. The Morgan fingerprint density at radius 1 is 0.955 bits per heavy atom. The van der Waals surface area contributed by atoms with Gasteiger partial charge in [0.25, 0.3) is 11.8 Å². The first kappa shape index (κ1) is 14.0. The van der Waals surface area contributed by atoms with Crippen LogP contribution in [0, 0.1) is 6.92 Å². The first-order chi connectivity index (χ1) is 10.5. The molecule has 2 aromatic carbocycles. The number of imide groups is 1. The average molecular weight is 294 g/mol. The van der Waals surface area contributed by atoms with E-state index < -0.39 is 0 Å². The molecule has 0 spiro atoms. The van der Waals surface area contributed by atoms with Crippen molar-refractivity contribution in [2.24, 2.45) is 0 Å². The predicted octanol–water partition coefficient (Wildman–Crippen LogP) is 2.75. The molecule has 0 saturated carbocycles. The van der Waals surface area contributed by atoms with Gasteiger partial charge in [-0.15, -0.1) is 0 Å². The number of benzene rings is 2. The Kier molecular flexibility index (Phi) is 3.25. The summed E-state index contributed by atoms with van der Waals surface area (Å²) < 4.78 is 0. The highest BCUT2D eigenvalue weighted by atomic mass is 16.2. The zero-order valence-corrected chi connectivity index (χ0v) is 12.2. The maximum Gasteiger partial charge on any atom is 0.266 e. The average Bonchev–Trinajstić information content (AvgIpc) is 2.72. The minimum atomic E-state index is -0.374. The minimum Gasteiger partial charge on any atom is -0.325 e. The van der Waals surface area contributed by atoms with Crippen molar-refractivity contribution in [3.05, 3.63) is 59.2 Å². The molecule has 1 aliphatic heterocycles. The number of anilines is 2. The van der Waals surface area contributed by atoms with E-state index in [4.69, 9.17) is 0 Å². The molecular weight excluding hydrogens is 280 g/mol. The molecule has 5 nitrogen and oxygen atoms in total. The quantitative estimate of drug-likeness (QED) is 0.866. The third-order valence-corrected chi connectivity index (χ3v) is 3.57. The van der Waals surface area contributed by atoms with Crippen molar-refractivity contribution < 1.29 is 14.4 Å². The van der Waals surface area contributed by atoms with Crippen molar-refractivity contribution in [1.29, 1.82) is 0 Å². The van der Waals surface area contributed by atoms with Gasteiger partial charge < -0.3 is 5.32 Å². The van der Waals surface area contributed by atoms with E-state index in [9.17, 15) is 14.4 Å². The second kappa shape index (κ2) is 5.11. The van der Waals surface area contributed by atoms with Gasteiger partial charge in [0.2, 0.25) is 5.91 Å². The maximum absolute atomic E-state index is 12.6. The molecule has 0 atom stereocenters. The Labute approximate surface area is 127 Å². The van der Waals surface area contributed by atoms with Crippen LogP contribution in [0.1, 0.15) is 33.2 Å². The monoisotopic (exact) mass is 294 g/mol. The molecule has 0 bridgehead atoms. The van der Waals surface area contributed by atoms with Gasteiger partial charge in [-0.2, -0.15) is 0 Å². The van der Waals surface area contributed by atoms with E-state index in [1.165, 1.54) is 6.92 Å². The molecule has 0 aliphatic carbocycles. The second-order valence-corrected chi connectivity index (χ2v) is 5.14. The number of aryl methyl sites for hydroxylation is 1. The topological polar surface area (TPSA) is 66.5 Å². The van der Waals surface area contributed by atoms with Crippen LogP contribution in [0.3, 0.4) is 0 Å². The van der Waals surface area contributed by atoms with Crippen LogP contribution >= 0.6 is 0 Å². The van der Waals surface area contributed by atoms with Gasteiger partial charge in [-0.1, -0.05) is 24.3 Å². The van der Waals surface area contributed by atoms with Gasteiger partial charge >= 0.3 is 0 Å². The number of carbonyl (C=O) groups is 3. The smallest absolute Gasteiger partial charge is 0.266 e. The highest BCUT2D eigenvalue weighted by molar-refractivity contribution is 6.35. The van der Waals surface area contributed by atoms with Crippen molar-refractivity contribution in [2.75, 3.05) is 10.2 Å². The van der Waals surface area contributed by atoms with Gasteiger partial charge in [0, 0.05) is 6.92 Å². The molecule has 0 aromatic heterocycles. The first-order valence-electron chi connectivity index (χ1n) is 6.85. The minimum absolute atomic E-state index is 0.261. The molecule has 1 heterocycles. The van der Waals surface area contributed by atoms with Crippen LogP contribution in [0.2, 0.25) is 0 Å². The summed E-state index contributed by atoms with van der Waals surface area (Å²) in [5.41, 5.74) is 2.36. The van der Waals surface area contributed by atoms with Crippen molar-refractivity contribution >= 4 is 29.1 Å². The lowest BCUT2D eigenvalue weighted by Crippen LogP contribution is -2.31. The van der Waals surface area contributed by atoms with Crippen LogP contribution in [0.25, 0.3) is 0 Å². The van der Waals surface area contributed by atoms with Crippen molar-refractivity contribution in [2.45, 2.75) is 13.8 Å². The van der Waals surface area contributed by atoms with Crippen LogP contribution < -0.4 is 10.2 Å². The molecule has 1 aliphatic rings. The number of nitrogens with one attached hydrogen (secondary N) is 1. The van der Waals surface area contributed by atoms with Crippen LogP contribution in [0.4, 0.5) is 11.4 Å². The van der Waals surface area contributed by atoms with E-state index >= 15 is 0 Å². The number of fused-ring (bicyclic) bond motifs is 1. The van der Waals surface area contributed by atoms with E-state index in [-0.39, 0.29) is 17.7 Å². The highest BCUT2D eigenvalue weighted by Gasteiger charge is 2.38. The predicted molar refractivity (Wildman–Crippen MR) is 83.1 cm³/mol. The molecule has 0 radical (unpaired) electrons. The van der Waals surface area contributed by atoms with Gasteiger partial charge in [0.1, 0.15) is 0 Å². The van der Waals surface area contributed by atoms with Crippen LogP contribution in [-0.4, -0.2) is 17.7 Å². The maximum atomic E-state index is 12.6. The van der Waals surface area contributed by atoms with E-state index in [2.05, 4.69) is 5.32 Å². The lowest BCUT2D eigenvalue weighted by atomic mass is 10.1. The number of rotatable bonds is 2. The fourth-order valence-corrected chi connectivity index (χ4v) is 2.64. The van der Waals surface area contributed by atoms with Crippen LogP contribution in [-0.2, 0) is 4.79 Å². The lowest BCUT2D eigenvalue weighted by molar-refractivity contribution is -0.114. The van der Waals surface area contributed by atoms with E-state index in [0.717, 1.165) is 10.5 Å². The molecule has 1 N–H and O–H groups in total. The Bertz CT molecular complexity index is 776. The fraction of sp³-hybridized carbons (Fsp3) is 0.118. The Morgan fingerprint density at radius 2 is 1.55 bits per heavy atom. The Morgan fingerprint density at radius 3 is 2.09 bits per heavy atom. The van der Waals surface area contributed by atoms with E-state index in [1.807, 2.05) is 0 Å². The summed E-state index contributed by atoms with van der Waals surface area (Å²) in [4.78, 5) is 37.7. The SMILES string of the molecule is CC(=O)Nc1cccc(C)c1N1C(=O)c2ccccc2C1=O. The fourth-order valence-electron chi connectivity index (χ4n) is 2.64. The van der Waals surface area contributed by atoms with Gasteiger partial charge in [-0.3, -0.25) is 14.4 Å². The molecule has 2 aromatic rings. The van der Waals surface area contributed by atoms with E-state index in [1.54, 1.807) is 49.4 Å². The normalized spacial score (nSPS) is 13.3. The largest absolute Gasteiger partial charge is 0.325 e. The number of para-hydroxylation sites is 1. The van der Waals surface area contributed by atoms with Gasteiger partial charge in [-0.05, 0) is 30.7 Å². The molecule has 22 heavy (non-hydrogen) atoms. The van der Waals surface area contributed by atoms with Crippen molar-refractivity contribution in [3.8, 4) is 0 Å². The highest BCUT2D eigenvalue weighted by Crippen LogP contribution is 2.35. The van der Waals surface area contributed by atoms with Crippen LogP contribution in [0.5, 0.6) is 0 Å². The number of hydrogen-bond donors (Lipinski definition) is 1. The number of hydrogen-bond acceptors (Lipinski definition) is 3. The Hall–Kier alpha value is -2.95. The lowest BCUT2D eigenvalue weighted by Gasteiger charge is -2.20. The summed E-state index contributed by atoms with van der Waals surface area (Å²) in [7, 11) is 0. The van der Waals surface area contributed by atoms with E-state index in [0.29, 0.717) is 22.5 Å². The number of nitrogens with zero attached hydrogens (tertiary/aromatic N) is 1. The molecule has 3 rings (SSSR count). The number of carbonyl (C=O) groups excluding carboxylic acids is 3. The van der Waals surface area contributed by atoms with Gasteiger partial charge in [-0.25, -0.2) is 4.90 Å². The van der Waals surface area contributed by atoms with Gasteiger partial charge in [0.05, 0.1) is 22.5 Å². The standard InChI is InChI=1S/C17H14N2O3/c1-10-6-5-9-14(18-11(2)20)15(10)19-16(21)12-7-3-4-8-13(12)17(19)22/h3-9H,1-2H3,(H,18,20). The molecule has 0 fully saturated rings. The Balaban J connectivity index is 2.16. The van der Waals surface area contributed by atoms with Gasteiger partial charge in [0.15, 0.2) is 0 Å². The third kappa shape index (κ3) is 2.07. The summed E-state index contributed by atoms with van der Waals surface area (Å²) in [6.07, 6.45) is 0. The summed E-state index contributed by atoms with van der Waals surface area (Å²) >= 11 is 0. The first-order valence-corrected chi connectivity index (χ1v) is 6.85. The molecular formula is C17H14N2O3. The second-order valence-electron chi connectivity index (χ2n) is 5.14.